The Labute approximate surface area is 133 Å². The number of nitrogens with zero attached hydrogens (tertiary/aromatic N) is 4. The van der Waals surface area contributed by atoms with E-state index >= 15 is 0 Å². The normalized spacial score (nSPS) is 29.5. The summed E-state index contributed by atoms with van der Waals surface area (Å²) in [5.74, 6) is 2.40. The highest BCUT2D eigenvalue weighted by molar-refractivity contribution is 4.99. The molecule has 1 saturated carbocycles. The first kappa shape index (κ1) is 14.6. The molecule has 0 spiro atoms. The molecule has 0 radical (unpaired) electrons. The Morgan fingerprint density at radius 1 is 1.18 bits per heavy atom. The summed E-state index contributed by atoms with van der Waals surface area (Å²) in [4.78, 5) is 2.71. The van der Waals surface area contributed by atoms with Crippen molar-refractivity contribution in [2.24, 2.45) is 0 Å². The summed E-state index contributed by atoms with van der Waals surface area (Å²) in [5.41, 5.74) is 0. The van der Waals surface area contributed by atoms with Gasteiger partial charge in [0, 0.05) is 50.6 Å². The maximum absolute atomic E-state index is 4.43. The zero-order chi connectivity index (χ0) is 14.9. The maximum Gasteiger partial charge on any atom is 0.134 e. The minimum Gasteiger partial charge on any atom is -0.315 e. The first-order chi connectivity index (χ1) is 10.8. The Kier molecular flexibility index (Phi) is 4.18. The molecule has 2 atom stereocenters. The molecule has 3 heterocycles. The molecule has 122 valence electrons. The monoisotopic (exact) mass is 303 g/mol. The Hall–Kier alpha value is -0.940. The first-order valence-corrected chi connectivity index (χ1v) is 9.21. The van der Waals surface area contributed by atoms with E-state index in [0.717, 1.165) is 38.0 Å². The second kappa shape index (κ2) is 6.28. The Bertz CT molecular complexity index is 507. The number of nitrogens with one attached hydrogen (secondary N) is 1. The summed E-state index contributed by atoms with van der Waals surface area (Å²) in [6.07, 6.45) is 10.1. The summed E-state index contributed by atoms with van der Waals surface area (Å²) >= 11 is 0. The lowest BCUT2D eigenvalue weighted by Crippen LogP contribution is -2.35. The van der Waals surface area contributed by atoms with Crippen molar-refractivity contribution in [3.63, 3.8) is 0 Å². The lowest BCUT2D eigenvalue weighted by atomic mass is 10.2. The Morgan fingerprint density at radius 2 is 2.09 bits per heavy atom. The van der Waals surface area contributed by atoms with E-state index in [9.17, 15) is 0 Å². The molecule has 1 aromatic heterocycles. The van der Waals surface area contributed by atoms with Gasteiger partial charge in [-0.05, 0) is 39.0 Å². The molecule has 2 fully saturated rings. The molecule has 0 amide bonds. The van der Waals surface area contributed by atoms with E-state index in [1.807, 2.05) is 0 Å². The third-order valence-corrected chi connectivity index (χ3v) is 5.61. The van der Waals surface area contributed by atoms with Crippen molar-refractivity contribution in [2.45, 2.75) is 83.0 Å². The number of hydrogen-bond acceptors (Lipinski definition) is 4. The second-order valence-electron chi connectivity index (χ2n) is 7.41. The zero-order valence-electron chi connectivity index (χ0n) is 13.8. The molecule has 2 aliphatic heterocycles. The van der Waals surface area contributed by atoms with Crippen LogP contribution in [0.15, 0.2) is 0 Å². The maximum atomic E-state index is 4.43. The van der Waals surface area contributed by atoms with E-state index in [-0.39, 0.29) is 0 Å². The van der Waals surface area contributed by atoms with Crippen LogP contribution in [-0.4, -0.2) is 50.9 Å². The van der Waals surface area contributed by atoms with Crippen LogP contribution in [0.4, 0.5) is 0 Å². The highest BCUT2D eigenvalue weighted by Crippen LogP contribution is 2.33. The topological polar surface area (TPSA) is 46.0 Å². The molecular weight excluding hydrogens is 274 g/mol. The van der Waals surface area contributed by atoms with E-state index in [1.54, 1.807) is 0 Å². The van der Waals surface area contributed by atoms with Crippen molar-refractivity contribution in [1.29, 1.82) is 0 Å². The number of fused-ring (bicyclic) bond motifs is 1. The standard InChI is InChI=1S/C17H29N5/c1-13-11-14(12-22(13)15-6-7-15)18-9-8-17-20-19-16-5-3-2-4-10-21(16)17/h13-15,18H,2-12H2,1H3/t13-,14+/m1/s1. The van der Waals surface area contributed by atoms with E-state index in [2.05, 4.69) is 31.9 Å². The van der Waals surface area contributed by atoms with Crippen molar-refractivity contribution >= 4 is 0 Å². The van der Waals surface area contributed by atoms with Crippen LogP contribution in [0.3, 0.4) is 0 Å². The molecule has 4 rings (SSSR count). The van der Waals surface area contributed by atoms with E-state index in [1.165, 1.54) is 56.7 Å². The van der Waals surface area contributed by atoms with Crippen LogP contribution >= 0.6 is 0 Å². The summed E-state index contributed by atoms with van der Waals surface area (Å²) in [6, 6.07) is 2.32. The van der Waals surface area contributed by atoms with Gasteiger partial charge >= 0.3 is 0 Å². The molecule has 1 aliphatic carbocycles. The Morgan fingerprint density at radius 3 is 2.95 bits per heavy atom. The average Bonchev–Trinajstić information content (AvgIpc) is 3.25. The van der Waals surface area contributed by atoms with Crippen LogP contribution in [0.1, 0.15) is 57.1 Å². The molecule has 5 nitrogen and oxygen atoms in total. The van der Waals surface area contributed by atoms with Crippen molar-refractivity contribution in [3.8, 4) is 0 Å². The highest BCUT2D eigenvalue weighted by Gasteiger charge is 2.38. The van der Waals surface area contributed by atoms with Gasteiger partial charge in [0.05, 0.1) is 0 Å². The van der Waals surface area contributed by atoms with Gasteiger partial charge in [0.2, 0.25) is 0 Å². The van der Waals surface area contributed by atoms with Gasteiger partial charge in [0.25, 0.3) is 0 Å². The zero-order valence-corrected chi connectivity index (χ0v) is 13.8. The average molecular weight is 303 g/mol. The van der Waals surface area contributed by atoms with Crippen LogP contribution in [0.25, 0.3) is 0 Å². The molecule has 1 N–H and O–H groups in total. The lowest BCUT2D eigenvalue weighted by molar-refractivity contribution is 0.255. The van der Waals surface area contributed by atoms with Gasteiger partial charge in [-0.1, -0.05) is 6.42 Å². The number of rotatable bonds is 5. The number of aryl methyl sites for hydroxylation is 1. The number of hydrogen-bond donors (Lipinski definition) is 1. The van der Waals surface area contributed by atoms with E-state index in [4.69, 9.17) is 0 Å². The van der Waals surface area contributed by atoms with Crippen molar-refractivity contribution in [2.75, 3.05) is 13.1 Å². The van der Waals surface area contributed by atoms with Gasteiger partial charge in [-0.25, -0.2) is 0 Å². The van der Waals surface area contributed by atoms with Gasteiger partial charge < -0.3 is 9.88 Å². The Balaban J connectivity index is 1.28. The molecule has 0 aromatic carbocycles. The van der Waals surface area contributed by atoms with E-state index < -0.39 is 0 Å². The quantitative estimate of drug-likeness (QED) is 0.900. The largest absolute Gasteiger partial charge is 0.315 e. The fourth-order valence-corrected chi connectivity index (χ4v) is 4.24. The van der Waals surface area contributed by atoms with Crippen LogP contribution in [0, 0.1) is 0 Å². The van der Waals surface area contributed by atoms with Crippen molar-refractivity contribution < 1.29 is 0 Å². The molecule has 0 bridgehead atoms. The molecule has 22 heavy (non-hydrogen) atoms. The van der Waals surface area contributed by atoms with Crippen molar-refractivity contribution in [3.05, 3.63) is 11.6 Å². The molecular formula is C17H29N5. The number of aromatic nitrogens is 3. The predicted octanol–water partition coefficient (Wildman–Crippen LogP) is 1.76. The number of likely N-dealkylation sites (tertiary alicyclic amines) is 1. The summed E-state index contributed by atoms with van der Waals surface area (Å²) in [5, 5.41) is 12.6. The molecule has 5 heteroatoms. The van der Waals surface area contributed by atoms with Gasteiger partial charge in [0.15, 0.2) is 0 Å². The van der Waals surface area contributed by atoms with Crippen LogP contribution in [0.2, 0.25) is 0 Å². The fraction of sp³-hybridized carbons (Fsp3) is 0.882. The second-order valence-corrected chi connectivity index (χ2v) is 7.41. The van der Waals surface area contributed by atoms with Crippen molar-refractivity contribution in [1.82, 2.24) is 25.0 Å². The highest BCUT2D eigenvalue weighted by atomic mass is 15.3. The summed E-state index contributed by atoms with van der Waals surface area (Å²) < 4.78 is 2.38. The predicted molar refractivity (Wildman–Crippen MR) is 86.9 cm³/mol. The van der Waals surface area contributed by atoms with E-state index in [0.29, 0.717) is 6.04 Å². The van der Waals surface area contributed by atoms with Crippen LogP contribution in [0.5, 0.6) is 0 Å². The first-order valence-electron chi connectivity index (χ1n) is 9.21. The third-order valence-electron chi connectivity index (χ3n) is 5.61. The third kappa shape index (κ3) is 3.06. The summed E-state index contributed by atoms with van der Waals surface area (Å²) in [6.45, 7) is 5.78. The van der Waals surface area contributed by atoms with Crippen LogP contribution in [-0.2, 0) is 19.4 Å². The SMILES string of the molecule is C[C@@H]1C[C@H](NCCc2nnc3n2CCCCC3)CN1C1CC1. The van der Waals surface area contributed by atoms with Gasteiger partial charge in [-0.15, -0.1) is 10.2 Å². The minimum absolute atomic E-state index is 0.669. The summed E-state index contributed by atoms with van der Waals surface area (Å²) in [7, 11) is 0. The molecule has 0 unspecified atom stereocenters. The van der Waals surface area contributed by atoms with Gasteiger partial charge in [-0.2, -0.15) is 0 Å². The smallest absolute Gasteiger partial charge is 0.134 e. The molecule has 1 aromatic rings. The fourth-order valence-electron chi connectivity index (χ4n) is 4.24. The van der Waals surface area contributed by atoms with Crippen LogP contribution < -0.4 is 5.32 Å². The van der Waals surface area contributed by atoms with Gasteiger partial charge in [0.1, 0.15) is 11.6 Å². The molecule has 1 saturated heterocycles. The lowest BCUT2D eigenvalue weighted by Gasteiger charge is -2.19. The van der Waals surface area contributed by atoms with Gasteiger partial charge in [-0.3, -0.25) is 4.90 Å². The molecule has 3 aliphatic rings. The minimum atomic E-state index is 0.669.